The second kappa shape index (κ2) is 11.3. The highest BCUT2D eigenvalue weighted by Crippen LogP contribution is 2.37. The number of imide groups is 1. The van der Waals surface area contributed by atoms with Crippen molar-refractivity contribution in [2.75, 3.05) is 32.8 Å². The van der Waals surface area contributed by atoms with E-state index >= 15 is 0 Å². The maximum atomic E-state index is 12.8. The van der Waals surface area contributed by atoms with Crippen molar-refractivity contribution in [3.63, 3.8) is 0 Å². The molecule has 0 aliphatic carbocycles. The maximum Gasteiger partial charge on any atom is 0.335 e. The molecule has 0 radical (unpaired) electrons. The van der Waals surface area contributed by atoms with Gasteiger partial charge < -0.3 is 19.5 Å². The van der Waals surface area contributed by atoms with Crippen LogP contribution in [0.15, 0.2) is 41.3 Å². The van der Waals surface area contributed by atoms with E-state index in [2.05, 4.69) is 0 Å². The standard InChI is InChI=1S/C24H20Cl2N2O7S/c25-17-9-15(10-18(26)21(17)35-13-14-1-3-16(4-2-14)23(31)32)11-19-22(30)28(24(33)36-19)12-20(29)27-5-7-34-8-6-27/h1-4,9-11H,5-8,12-13H2,(H,31,32)/b19-11+. The number of rotatable bonds is 7. The van der Waals surface area contributed by atoms with Crippen LogP contribution in [0.5, 0.6) is 5.75 Å². The van der Waals surface area contributed by atoms with Gasteiger partial charge in [-0.2, -0.15) is 0 Å². The smallest absolute Gasteiger partial charge is 0.335 e. The molecule has 1 N–H and O–H groups in total. The van der Waals surface area contributed by atoms with Crippen LogP contribution in [-0.4, -0.2) is 70.8 Å². The first-order chi connectivity index (χ1) is 17.2. The van der Waals surface area contributed by atoms with Crippen molar-refractivity contribution in [2.45, 2.75) is 6.61 Å². The predicted molar refractivity (Wildman–Crippen MR) is 134 cm³/mol. The van der Waals surface area contributed by atoms with E-state index in [9.17, 15) is 19.2 Å². The van der Waals surface area contributed by atoms with Gasteiger partial charge in [-0.05, 0) is 53.2 Å². The Bertz CT molecular complexity index is 1220. The molecule has 2 aliphatic heterocycles. The number of carbonyl (C=O) groups is 4. The van der Waals surface area contributed by atoms with E-state index in [0.29, 0.717) is 31.9 Å². The molecule has 36 heavy (non-hydrogen) atoms. The van der Waals surface area contributed by atoms with E-state index in [0.717, 1.165) is 22.2 Å². The lowest BCUT2D eigenvalue weighted by Gasteiger charge is -2.28. The van der Waals surface area contributed by atoms with Crippen molar-refractivity contribution in [1.82, 2.24) is 9.80 Å². The van der Waals surface area contributed by atoms with Gasteiger partial charge in [0.05, 0.1) is 33.7 Å². The quantitative estimate of drug-likeness (QED) is 0.511. The maximum absolute atomic E-state index is 12.8. The summed E-state index contributed by atoms with van der Waals surface area (Å²) in [5.41, 5.74) is 1.36. The molecule has 0 atom stereocenters. The molecule has 4 rings (SSSR count). The van der Waals surface area contributed by atoms with Gasteiger partial charge in [0.1, 0.15) is 13.2 Å². The number of morpholine rings is 1. The Morgan fingerprint density at radius 1 is 1.08 bits per heavy atom. The minimum atomic E-state index is -1.02. The largest absolute Gasteiger partial charge is 0.486 e. The molecule has 2 heterocycles. The van der Waals surface area contributed by atoms with Crippen LogP contribution in [0, 0.1) is 0 Å². The first-order valence-electron chi connectivity index (χ1n) is 10.8. The minimum absolute atomic E-state index is 0.106. The number of amides is 3. The van der Waals surface area contributed by atoms with E-state index in [1.165, 1.54) is 18.2 Å². The van der Waals surface area contributed by atoms with Gasteiger partial charge in [0.2, 0.25) is 5.91 Å². The zero-order valence-electron chi connectivity index (χ0n) is 18.7. The Balaban J connectivity index is 1.43. The number of thioether (sulfide) groups is 1. The third-order valence-corrected chi connectivity index (χ3v) is 6.90. The van der Waals surface area contributed by atoms with Crippen LogP contribution in [0.2, 0.25) is 10.0 Å². The van der Waals surface area contributed by atoms with Crippen LogP contribution in [0.1, 0.15) is 21.5 Å². The normalized spacial score (nSPS) is 17.1. The molecule has 0 spiro atoms. The van der Waals surface area contributed by atoms with Gasteiger partial charge >= 0.3 is 5.97 Å². The molecule has 0 saturated carbocycles. The predicted octanol–water partition coefficient (Wildman–Crippen LogP) is 4.17. The lowest BCUT2D eigenvalue weighted by molar-refractivity contribution is -0.139. The summed E-state index contributed by atoms with van der Waals surface area (Å²) in [5.74, 6) is -1.68. The van der Waals surface area contributed by atoms with Gasteiger partial charge in [0, 0.05) is 13.1 Å². The topological polar surface area (TPSA) is 113 Å². The molecule has 9 nitrogen and oxygen atoms in total. The van der Waals surface area contributed by atoms with E-state index in [1.807, 2.05) is 0 Å². The summed E-state index contributed by atoms with van der Waals surface area (Å²) in [6.07, 6.45) is 1.48. The van der Waals surface area contributed by atoms with Gasteiger partial charge in [-0.3, -0.25) is 19.3 Å². The number of hydrogen-bond acceptors (Lipinski definition) is 7. The molecule has 12 heteroatoms. The Hall–Kier alpha value is -3.05. The molecule has 0 bridgehead atoms. The molecule has 2 fully saturated rings. The van der Waals surface area contributed by atoms with Gasteiger partial charge in [0.25, 0.3) is 11.1 Å². The fourth-order valence-corrected chi connectivity index (χ4v) is 4.99. The third kappa shape index (κ3) is 6.01. The second-order valence-corrected chi connectivity index (χ2v) is 9.67. The molecule has 2 aromatic rings. The number of aromatic carboxylic acids is 1. The van der Waals surface area contributed by atoms with Crippen LogP contribution in [0.25, 0.3) is 6.08 Å². The lowest BCUT2D eigenvalue weighted by Crippen LogP contribution is -2.46. The lowest BCUT2D eigenvalue weighted by atomic mass is 10.1. The summed E-state index contributed by atoms with van der Waals surface area (Å²) in [6, 6.07) is 9.27. The number of carbonyl (C=O) groups excluding carboxylic acids is 3. The Morgan fingerprint density at radius 2 is 1.72 bits per heavy atom. The molecule has 0 aromatic heterocycles. The van der Waals surface area contributed by atoms with Crippen molar-refractivity contribution in [2.24, 2.45) is 0 Å². The first-order valence-corrected chi connectivity index (χ1v) is 12.3. The zero-order chi connectivity index (χ0) is 25.8. The number of carboxylic acid groups (broad SMARTS) is 1. The van der Waals surface area contributed by atoms with Crippen LogP contribution in [0.3, 0.4) is 0 Å². The molecule has 2 saturated heterocycles. The fraction of sp³-hybridized carbons (Fsp3) is 0.250. The summed E-state index contributed by atoms with van der Waals surface area (Å²) < 4.78 is 10.9. The number of carboxylic acids is 1. The average Bonchev–Trinajstić information content (AvgIpc) is 3.11. The zero-order valence-corrected chi connectivity index (χ0v) is 21.1. The van der Waals surface area contributed by atoms with Gasteiger partial charge in [-0.25, -0.2) is 4.79 Å². The molecule has 2 aromatic carbocycles. The molecule has 2 aliphatic rings. The van der Waals surface area contributed by atoms with Gasteiger partial charge in [-0.1, -0.05) is 35.3 Å². The SMILES string of the molecule is O=C(O)c1ccc(COc2c(Cl)cc(/C=C3/SC(=O)N(CC(=O)N4CCOCC4)C3=O)cc2Cl)cc1. The van der Waals surface area contributed by atoms with Crippen molar-refractivity contribution >= 4 is 64.1 Å². The van der Waals surface area contributed by atoms with Crippen LogP contribution < -0.4 is 4.74 Å². The third-order valence-electron chi connectivity index (χ3n) is 5.43. The summed E-state index contributed by atoms with van der Waals surface area (Å²) in [6.45, 7) is 1.46. The fourth-order valence-electron chi connectivity index (χ4n) is 3.54. The van der Waals surface area contributed by atoms with E-state index < -0.39 is 17.1 Å². The Morgan fingerprint density at radius 3 is 2.33 bits per heavy atom. The summed E-state index contributed by atoms with van der Waals surface area (Å²) >= 11 is 13.4. The Kier molecular flexibility index (Phi) is 8.20. The monoisotopic (exact) mass is 550 g/mol. The molecular weight excluding hydrogens is 531 g/mol. The highest BCUT2D eigenvalue weighted by Gasteiger charge is 2.37. The summed E-state index contributed by atoms with van der Waals surface area (Å²) in [4.78, 5) is 51.3. The van der Waals surface area contributed by atoms with Crippen molar-refractivity contribution in [3.05, 3.63) is 68.0 Å². The minimum Gasteiger partial charge on any atom is -0.486 e. The first kappa shape index (κ1) is 26.0. The highest BCUT2D eigenvalue weighted by molar-refractivity contribution is 8.18. The van der Waals surface area contributed by atoms with Crippen molar-refractivity contribution in [1.29, 1.82) is 0 Å². The average molecular weight is 551 g/mol. The number of nitrogens with zero attached hydrogens (tertiary/aromatic N) is 2. The van der Waals surface area contributed by atoms with Crippen LogP contribution >= 0.6 is 35.0 Å². The Labute approximate surface area is 220 Å². The summed E-state index contributed by atoms with van der Waals surface area (Å²) in [7, 11) is 0. The molecule has 3 amide bonds. The molecule has 188 valence electrons. The van der Waals surface area contributed by atoms with Crippen LogP contribution in [-0.2, 0) is 20.9 Å². The molecule has 0 unspecified atom stereocenters. The van der Waals surface area contributed by atoms with E-state index in [4.69, 9.17) is 37.8 Å². The van der Waals surface area contributed by atoms with Gasteiger partial charge in [0.15, 0.2) is 5.75 Å². The van der Waals surface area contributed by atoms with Crippen molar-refractivity contribution in [3.8, 4) is 5.75 Å². The van der Waals surface area contributed by atoms with Gasteiger partial charge in [-0.15, -0.1) is 0 Å². The van der Waals surface area contributed by atoms with Crippen LogP contribution in [0.4, 0.5) is 4.79 Å². The molecular formula is C24H20Cl2N2O7S. The van der Waals surface area contributed by atoms with E-state index in [-0.39, 0.29) is 45.3 Å². The number of hydrogen-bond donors (Lipinski definition) is 1. The van der Waals surface area contributed by atoms with E-state index in [1.54, 1.807) is 29.2 Å². The number of ether oxygens (including phenoxy) is 2. The number of halogens is 2. The number of benzene rings is 2. The second-order valence-electron chi connectivity index (χ2n) is 7.87. The van der Waals surface area contributed by atoms with Crippen molar-refractivity contribution < 1.29 is 33.8 Å². The summed E-state index contributed by atoms with van der Waals surface area (Å²) in [5, 5.41) is 8.84. The highest BCUT2D eigenvalue weighted by atomic mass is 35.5.